The van der Waals surface area contributed by atoms with Crippen LogP contribution in [-0.2, 0) is 6.42 Å². The molecule has 1 atom stereocenters. The van der Waals surface area contributed by atoms with Crippen LogP contribution >= 0.6 is 0 Å². The van der Waals surface area contributed by atoms with Gasteiger partial charge in [0.2, 0.25) is 0 Å². The van der Waals surface area contributed by atoms with Gasteiger partial charge in [0.25, 0.3) is 0 Å². The van der Waals surface area contributed by atoms with Crippen LogP contribution in [0.4, 0.5) is 0 Å². The van der Waals surface area contributed by atoms with E-state index in [1.54, 1.807) is 0 Å². The van der Waals surface area contributed by atoms with Crippen molar-refractivity contribution in [1.29, 1.82) is 0 Å². The Morgan fingerprint density at radius 1 is 1.31 bits per heavy atom. The van der Waals surface area contributed by atoms with Gasteiger partial charge in [-0.25, -0.2) is 0 Å². The molecule has 0 aliphatic carbocycles. The van der Waals surface area contributed by atoms with E-state index in [0.717, 1.165) is 17.8 Å². The van der Waals surface area contributed by atoms with Gasteiger partial charge in [0, 0.05) is 5.39 Å². The summed E-state index contributed by atoms with van der Waals surface area (Å²) in [6, 6.07) is 8.86. The van der Waals surface area contributed by atoms with E-state index in [1.807, 2.05) is 7.05 Å². The molecule has 0 aliphatic rings. The van der Waals surface area contributed by atoms with E-state index in [9.17, 15) is 0 Å². The van der Waals surface area contributed by atoms with Crippen molar-refractivity contribution in [3.63, 3.8) is 0 Å². The van der Waals surface area contributed by atoms with E-state index in [0.29, 0.717) is 0 Å². The summed E-state index contributed by atoms with van der Waals surface area (Å²) in [6.07, 6.45) is 2.32. The van der Waals surface area contributed by atoms with Crippen LogP contribution in [0.15, 0.2) is 28.7 Å². The van der Waals surface area contributed by atoms with Crippen LogP contribution in [-0.4, -0.2) is 7.05 Å². The molecule has 1 aromatic carbocycles. The van der Waals surface area contributed by atoms with E-state index in [2.05, 4.69) is 43.4 Å². The van der Waals surface area contributed by atoms with Gasteiger partial charge in [0.15, 0.2) is 0 Å². The first-order chi connectivity index (χ1) is 7.74. The predicted molar refractivity (Wildman–Crippen MR) is 67.7 cm³/mol. The first-order valence-electron chi connectivity index (χ1n) is 5.94. The molecule has 16 heavy (non-hydrogen) atoms. The summed E-state index contributed by atoms with van der Waals surface area (Å²) in [7, 11) is 1.94. The second-order valence-electron chi connectivity index (χ2n) is 4.28. The molecule has 0 spiro atoms. The molecule has 1 aromatic heterocycles. The Balaban J connectivity index is 2.38. The number of benzene rings is 1. The van der Waals surface area contributed by atoms with Gasteiger partial charge in [-0.2, -0.15) is 0 Å². The van der Waals surface area contributed by atoms with Crippen molar-refractivity contribution in [2.75, 3.05) is 7.05 Å². The minimum atomic E-state index is 0.266. The lowest BCUT2D eigenvalue weighted by molar-refractivity contribution is 0.475. The molecule has 1 N–H and O–H groups in total. The third-order valence-corrected chi connectivity index (χ3v) is 3.00. The molecule has 0 fully saturated rings. The molecule has 2 rings (SSSR count). The Kier molecular flexibility index (Phi) is 3.30. The molecule has 1 heterocycles. The topological polar surface area (TPSA) is 25.2 Å². The van der Waals surface area contributed by atoms with Gasteiger partial charge < -0.3 is 9.73 Å². The number of nitrogens with one attached hydrogen (secondary N) is 1. The highest BCUT2D eigenvalue weighted by molar-refractivity contribution is 5.78. The van der Waals surface area contributed by atoms with Crippen molar-refractivity contribution in [2.24, 2.45) is 0 Å². The van der Waals surface area contributed by atoms with Crippen molar-refractivity contribution >= 4 is 11.0 Å². The van der Waals surface area contributed by atoms with Gasteiger partial charge in [-0.15, -0.1) is 0 Å². The number of aryl methyl sites for hydroxylation is 1. The minimum Gasteiger partial charge on any atom is -0.459 e. The van der Waals surface area contributed by atoms with Crippen molar-refractivity contribution in [3.8, 4) is 0 Å². The fourth-order valence-electron chi connectivity index (χ4n) is 1.91. The molecule has 0 aliphatic heterocycles. The standard InChI is InChI=1S/C14H19NO/c1-4-5-11-6-7-13-12(8-11)9-14(16-13)10(2)15-3/h6-10,15H,4-5H2,1-3H3. The fourth-order valence-corrected chi connectivity index (χ4v) is 1.91. The average Bonchev–Trinajstić information content (AvgIpc) is 2.71. The van der Waals surface area contributed by atoms with Crippen LogP contribution in [0.5, 0.6) is 0 Å². The van der Waals surface area contributed by atoms with Crippen LogP contribution in [0.1, 0.15) is 37.6 Å². The molecule has 0 radical (unpaired) electrons. The normalized spacial score (nSPS) is 13.2. The van der Waals surface area contributed by atoms with E-state index in [1.165, 1.54) is 17.4 Å². The number of fused-ring (bicyclic) bond motifs is 1. The van der Waals surface area contributed by atoms with Crippen LogP contribution < -0.4 is 5.32 Å². The lowest BCUT2D eigenvalue weighted by Crippen LogP contribution is -2.10. The zero-order valence-corrected chi connectivity index (χ0v) is 10.2. The highest BCUT2D eigenvalue weighted by Gasteiger charge is 2.09. The third-order valence-electron chi connectivity index (χ3n) is 3.00. The first kappa shape index (κ1) is 11.2. The Morgan fingerprint density at radius 2 is 2.12 bits per heavy atom. The molecule has 0 bridgehead atoms. The Labute approximate surface area is 96.6 Å². The highest BCUT2D eigenvalue weighted by Crippen LogP contribution is 2.24. The van der Waals surface area contributed by atoms with E-state index in [-0.39, 0.29) is 6.04 Å². The molecular weight excluding hydrogens is 198 g/mol. The van der Waals surface area contributed by atoms with Gasteiger partial charge in [-0.1, -0.05) is 19.4 Å². The third kappa shape index (κ3) is 2.12. The second-order valence-corrected chi connectivity index (χ2v) is 4.28. The van der Waals surface area contributed by atoms with Crippen molar-refractivity contribution in [2.45, 2.75) is 32.7 Å². The van der Waals surface area contributed by atoms with E-state index in [4.69, 9.17) is 4.42 Å². The number of hydrogen-bond donors (Lipinski definition) is 1. The van der Waals surface area contributed by atoms with Crippen LogP contribution in [0.2, 0.25) is 0 Å². The molecule has 0 saturated carbocycles. The number of furan rings is 1. The van der Waals surface area contributed by atoms with E-state index >= 15 is 0 Å². The molecule has 2 aromatic rings. The largest absolute Gasteiger partial charge is 0.459 e. The molecule has 1 unspecified atom stereocenters. The maximum Gasteiger partial charge on any atom is 0.134 e. The maximum atomic E-state index is 5.79. The van der Waals surface area contributed by atoms with Crippen LogP contribution in [0.25, 0.3) is 11.0 Å². The zero-order chi connectivity index (χ0) is 11.5. The number of rotatable bonds is 4. The van der Waals surface area contributed by atoms with Gasteiger partial charge in [-0.3, -0.25) is 0 Å². The molecule has 86 valence electrons. The van der Waals surface area contributed by atoms with Gasteiger partial charge in [0.05, 0.1) is 6.04 Å². The monoisotopic (exact) mass is 217 g/mol. The van der Waals surface area contributed by atoms with Gasteiger partial charge >= 0.3 is 0 Å². The second kappa shape index (κ2) is 4.71. The lowest BCUT2D eigenvalue weighted by Gasteiger charge is -2.04. The zero-order valence-electron chi connectivity index (χ0n) is 10.2. The smallest absolute Gasteiger partial charge is 0.134 e. The van der Waals surface area contributed by atoms with Crippen molar-refractivity contribution < 1.29 is 4.42 Å². The van der Waals surface area contributed by atoms with Gasteiger partial charge in [0.1, 0.15) is 11.3 Å². The quantitative estimate of drug-likeness (QED) is 0.845. The molecular formula is C14H19NO. The fraction of sp³-hybridized carbons (Fsp3) is 0.429. The Bertz CT molecular complexity index is 473. The minimum absolute atomic E-state index is 0.266. The molecule has 0 amide bonds. The SMILES string of the molecule is CCCc1ccc2oc(C(C)NC)cc2c1. The summed E-state index contributed by atoms with van der Waals surface area (Å²) in [5.41, 5.74) is 2.37. The molecule has 2 heteroatoms. The summed E-state index contributed by atoms with van der Waals surface area (Å²) < 4.78 is 5.79. The molecule has 0 saturated heterocycles. The first-order valence-corrected chi connectivity index (χ1v) is 5.94. The predicted octanol–water partition coefficient (Wildman–Crippen LogP) is 3.67. The van der Waals surface area contributed by atoms with Crippen LogP contribution in [0, 0.1) is 0 Å². The maximum absolute atomic E-state index is 5.79. The average molecular weight is 217 g/mol. The Morgan fingerprint density at radius 3 is 2.81 bits per heavy atom. The molecule has 2 nitrogen and oxygen atoms in total. The van der Waals surface area contributed by atoms with Crippen molar-refractivity contribution in [1.82, 2.24) is 5.32 Å². The van der Waals surface area contributed by atoms with E-state index < -0.39 is 0 Å². The lowest BCUT2D eigenvalue weighted by atomic mass is 10.1. The Hall–Kier alpha value is -1.28. The van der Waals surface area contributed by atoms with Crippen LogP contribution in [0.3, 0.4) is 0 Å². The van der Waals surface area contributed by atoms with Crippen molar-refractivity contribution in [3.05, 3.63) is 35.6 Å². The summed E-state index contributed by atoms with van der Waals surface area (Å²) in [4.78, 5) is 0. The highest BCUT2D eigenvalue weighted by atomic mass is 16.3. The van der Waals surface area contributed by atoms with Gasteiger partial charge in [-0.05, 0) is 44.2 Å². The summed E-state index contributed by atoms with van der Waals surface area (Å²) in [5, 5.41) is 4.40. The summed E-state index contributed by atoms with van der Waals surface area (Å²) in [6.45, 7) is 4.30. The number of hydrogen-bond acceptors (Lipinski definition) is 2. The summed E-state index contributed by atoms with van der Waals surface area (Å²) >= 11 is 0. The summed E-state index contributed by atoms with van der Waals surface area (Å²) in [5.74, 6) is 1.01.